The number of hydrogen-bond donors (Lipinski definition) is 0. The molecule has 4 nitrogen and oxygen atoms in total. The summed E-state index contributed by atoms with van der Waals surface area (Å²) in [5.41, 5.74) is 1.78. The molecule has 1 rings (SSSR count). The van der Waals surface area contributed by atoms with Crippen LogP contribution in [0.1, 0.15) is 0 Å². The highest BCUT2D eigenvalue weighted by molar-refractivity contribution is 6.89. The van der Waals surface area contributed by atoms with Gasteiger partial charge in [-0.05, 0) is 32.7 Å². The molecule has 8 heteroatoms. The first kappa shape index (κ1) is 13.5. The second-order valence-corrected chi connectivity index (χ2v) is 16.0. The van der Waals surface area contributed by atoms with E-state index >= 15 is 0 Å². The lowest BCUT2D eigenvalue weighted by atomic mass is 11.3. The molecular formula is C7H18O4Si4. The van der Waals surface area contributed by atoms with Crippen LogP contribution in [0.15, 0.2) is 12.3 Å². The van der Waals surface area contributed by atoms with E-state index in [2.05, 4.69) is 6.58 Å². The Labute approximate surface area is 97.4 Å². The Kier molecular flexibility index (Phi) is 3.94. The predicted octanol–water partition coefficient (Wildman–Crippen LogP) is 1.80. The fourth-order valence-corrected chi connectivity index (χ4v) is 14.4. The normalized spacial score (nSPS) is 35.3. The first-order chi connectivity index (χ1) is 6.68. The Hall–Kier alpha value is 0.448. The van der Waals surface area contributed by atoms with Crippen LogP contribution in [0, 0.1) is 0 Å². The lowest BCUT2D eigenvalue weighted by Crippen LogP contribution is -2.58. The molecule has 1 unspecified atom stereocenters. The summed E-state index contributed by atoms with van der Waals surface area (Å²) in [6, 6.07) is 0. The molecule has 0 aromatic heterocycles. The van der Waals surface area contributed by atoms with E-state index in [9.17, 15) is 0 Å². The molecule has 2 radical (unpaired) electrons. The average molecular weight is 279 g/mol. The fraction of sp³-hybridized carbons (Fsp3) is 0.714. The van der Waals surface area contributed by atoms with E-state index < -0.39 is 25.7 Å². The molecule has 1 aliphatic heterocycles. The van der Waals surface area contributed by atoms with Crippen molar-refractivity contribution < 1.29 is 16.5 Å². The summed E-state index contributed by atoms with van der Waals surface area (Å²) in [6.45, 7) is 13.8. The average Bonchev–Trinajstić information content (AvgIpc) is 1.98. The van der Waals surface area contributed by atoms with Crippen LogP contribution in [0.25, 0.3) is 0 Å². The standard InChI is InChI=1S/C7H18O4Si4/c1-7-15(6)9-12-8-13(2,3)10-14(4,5)11-15/h7H,1H2,2-6H3. The SMILES string of the molecule is C=C[Si]1(C)O[Si]O[Si](C)(C)O[Si](C)(C)O1. The summed E-state index contributed by atoms with van der Waals surface area (Å²) < 4.78 is 23.4. The molecule has 1 heterocycles. The zero-order valence-electron chi connectivity index (χ0n) is 9.92. The lowest BCUT2D eigenvalue weighted by Gasteiger charge is -2.40. The summed E-state index contributed by atoms with van der Waals surface area (Å²) in [7, 11) is -6.51. The maximum absolute atomic E-state index is 6.03. The maximum Gasteiger partial charge on any atom is 0.413 e. The molecule has 0 aliphatic carbocycles. The Balaban J connectivity index is 2.83. The lowest BCUT2D eigenvalue weighted by molar-refractivity contribution is 0.265. The van der Waals surface area contributed by atoms with E-state index in [0.29, 0.717) is 0 Å². The van der Waals surface area contributed by atoms with Gasteiger partial charge in [0.1, 0.15) is 0 Å². The molecule has 0 aromatic rings. The Morgan fingerprint density at radius 1 is 0.933 bits per heavy atom. The number of rotatable bonds is 1. The van der Waals surface area contributed by atoms with Crippen molar-refractivity contribution in [3.05, 3.63) is 12.3 Å². The van der Waals surface area contributed by atoms with E-state index in [1.807, 2.05) is 32.7 Å². The quantitative estimate of drug-likeness (QED) is 0.686. The van der Waals surface area contributed by atoms with Crippen molar-refractivity contribution in [2.45, 2.75) is 32.7 Å². The summed E-state index contributed by atoms with van der Waals surface area (Å²) in [6.07, 6.45) is 0. The fourth-order valence-electron chi connectivity index (χ4n) is 1.43. The molecule has 0 saturated carbocycles. The third-order valence-electron chi connectivity index (χ3n) is 1.84. The molecule has 1 aliphatic rings. The van der Waals surface area contributed by atoms with E-state index in [0.717, 1.165) is 0 Å². The topological polar surface area (TPSA) is 36.9 Å². The minimum Gasteiger partial charge on any atom is -0.416 e. The predicted molar refractivity (Wildman–Crippen MR) is 66.9 cm³/mol. The molecule has 1 atom stereocenters. The van der Waals surface area contributed by atoms with Gasteiger partial charge in [-0.1, -0.05) is 5.70 Å². The minimum absolute atomic E-state index is 0.000370. The molecule has 1 fully saturated rings. The maximum atomic E-state index is 6.03. The summed E-state index contributed by atoms with van der Waals surface area (Å²) in [4.78, 5) is 0. The Bertz CT molecular complexity index is 257. The zero-order chi connectivity index (χ0) is 11.7. The van der Waals surface area contributed by atoms with Gasteiger partial charge in [0.05, 0.1) is 0 Å². The van der Waals surface area contributed by atoms with E-state index in [1.54, 1.807) is 5.70 Å². The highest BCUT2D eigenvalue weighted by Gasteiger charge is 2.45. The highest BCUT2D eigenvalue weighted by Crippen LogP contribution is 2.24. The van der Waals surface area contributed by atoms with Crippen LogP contribution in [-0.2, 0) is 16.5 Å². The monoisotopic (exact) mass is 278 g/mol. The molecule has 15 heavy (non-hydrogen) atoms. The molecule has 86 valence electrons. The molecule has 0 spiro atoms. The molecular weight excluding hydrogens is 260 g/mol. The summed E-state index contributed by atoms with van der Waals surface area (Å²) >= 11 is 0. The van der Waals surface area contributed by atoms with Gasteiger partial charge in [0.2, 0.25) is 0 Å². The Morgan fingerprint density at radius 3 is 2.07 bits per heavy atom. The second kappa shape index (κ2) is 4.37. The molecule has 0 aromatic carbocycles. The van der Waals surface area contributed by atoms with Gasteiger partial charge in [0.25, 0.3) is 0 Å². The smallest absolute Gasteiger partial charge is 0.413 e. The van der Waals surface area contributed by atoms with Crippen LogP contribution < -0.4 is 0 Å². The van der Waals surface area contributed by atoms with Gasteiger partial charge in [-0.3, -0.25) is 0 Å². The second-order valence-electron chi connectivity index (χ2n) is 4.51. The minimum atomic E-state index is -2.28. The molecule has 0 N–H and O–H groups in total. The molecule has 0 amide bonds. The van der Waals surface area contributed by atoms with Gasteiger partial charge in [0.15, 0.2) is 0 Å². The first-order valence-corrected chi connectivity index (χ1v) is 13.7. The van der Waals surface area contributed by atoms with Crippen LogP contribution in [-0.4, -0.2) is 35.7 Å². The van der Waals surface area contributed by atoms with Crippen LogP contribution >= 0.6 is 0 Å². The van der Waals surface area contributed by atoms with Gasteiger partial charge < -0.3 is 16.5 Å². The van der Waals surface area contributed by atoms with E-state index in [-0.39, 0.29) is 10.0 Å². The van der Waals surface area contributed by atoms with Crippen molar-refractivity contribution in [2.75, 3.05) is 0 Å². The van der Waals surface area contributed by atoms with E-state index in [1.165, 1.54) is 0 Å². The van der Waals surface area contributed by atoms with Crippen LogP contribution in [0.3, 0.4) is 0 Å². The number of hydrogen-bond acceptors (Lipinski definition) is 4. The zero-order valence-corrected chi connectivity index (χ0v) is 13.9. The van der Waals surface area contributed by atoms with Crippen molar-refractivity contribution in [3.63, 3.8) is 0 Å². The highest BCUT2D eigenvalue weighted by atomic mass is 28.5. The summed E-state index contributed by atoms with van der Waals surface area (Å²) in [5, 5.41) is 0. The van der Waals surface area contributed by atoms with Gasteiger partial charge in [-0.15, -0.1) is 6.58 Å². The van der Waals surface area contributed by atoms with Crippen molar-refractivity contribution in [1.29, 1.82) is 0 Å². The third-order valence-corrected chi connectivity index (χ3v) is 14.4. The molecule has 0 bridgehead atoms. The van der Waals surface area contributed by atoms with Crippen molar-refractivity contribution in [2.24, 2.45) is 0 Å². The van der Waals surface area contributed by atoms with Crippen LogP contribution in [0.2, 0.25) is 32.7 Å². The van der Waals surface area contributed by atoms with Crippen molar-refractivity contribution >= 4 is 35.7 Å². The van der Waals surface area contributed by atoms with Crippen LogP contribution in [0.5, 0.6) is 0 Å². The van der Waals surface area contributed by atoms with Crippen molar-refractivity contribution in [3.8, 4) is 0 Å². The van der Waals surface area contributed by atoms with Gasteiger partial charge in [-0.25, -0.2) is 0 Å². The third kappa shape index (κ3) is 4.07. The van der Waals surface area contributed by atoms with Crippen LogP contribution in [0.4, 0.5) is 0 Å². The van der Waals surface area contributed by atoms with Gasteiger partial charge >= 0.3 is 35.7 Å². The van der Waals surface area contributed by atoms with E-state index in [4.69, 9.17) is 16.5 Å². The molecule has 1 saturated heterocycles. The van der Waals surface area contributed by atoms with Crippen molar-refractivity contribution in [1.82, 2.24) is 0 Å². The van der Waals surface area contributed by atoms with Gasteiger partial charge in [-0.2, -0.15) is 0 Å². The Morgan fingerprint density at radius 2 is 1.53 bits per heavy atom. The van der Waals surface area contributed by atoms with Gasteiger partial charge in [0, 0.05) is 0 Å². The summed E-state index contributed by atoms with van der Waals surface area (Å²) in [5.74, 6) is 0. The first-order valence-electron chi connectivity index (χ1n) is 4.83. The largest absolute Gasteiger partial charge is 0.416 e.